The molecule has 7 heteroatoms. The summed E-state index contributed by atoms with van der Waals surface area (Å²) in [6.45, 7) is -0.0953. The van der Waals surface area contributed by atoms with Gasteiger partial charge in [-0.2, -0.15) is 5.06 Å². The molecule has 100 valence electrons. The van der Waals surface area contributed by atoms with Gasteiger partial charge in [-0.05, 0) is 6.07 Å². The highest BCUT2D eigenvalue weighted by Gasteiger charge is 2.43. The Morgan fingerprint density at radius 2 is 2.11 bits per heavy atom. The number of nitrogens with zero attached hydrogens (tertiary/aromatic N) is 1. The molecular weight excluding hydrogens is 274 g/mol. The molecule has 1 atom stereocenters. The van der Waals surface area contributed by atoms with Gasteiger partial charge in [0.15, 0.2) is 0 Å². The van der Waals surface area contributed by atoms with Crippen molar-refractivity contribution in [2.75, 3.05) is 0 Å². The van der Waals surface area contributed by atoms with Gasteiger partial charge >= 0.3 is 5.97 Å². The van der Waals surface area contributed by atoms with Crippen molar-refractivity contribution in [2.45, 2.75) is 13.0 Å². The van der Waals surface area contributed by atoms with Crippen LogP contribution < -0.4 is 0 Å². The fraction of sp³-hybridized carbons (Fsp3) is 0.250. The molecule has 1 aromatic carbocycles. The summed E-state index contributed by atoms with van der Waals surface area (Å²) in [5, 5.41) is 9.40. The predicted molar refractivity (Wildman–Crippen MR) is 63.0 cm³/mol. The van der Waals surface area contributed by atoms with E-state index in [1.54, 1.807) is 24.3 Å². The van der Waals surface area contributed by atoms with Gasteiger partial charge in [0.25, 0.3) is 11.8 Å². The molecular formula is C12H10ClNO5. The Kier molecular flexibility index (Phi) is 3.82. The van der Waals surface area contributed by atoms with Crippen molar-refractivity contribution in [3.63, 3.8) is 0 Å². The number of carbonyl (C=O) groups excluding carboxylic acids is 3. The van der Waals surface area contributed by atoms with Crippen molar-refractivity contribution in [3.8, 4) is 0 Å². The van der Waals surface area contributed by atoms with Crippen LogP contribution in [0.1, 0.15) is 12.0 Å². The number of ether oxygens (including phenoxy) is 1. The third kappa shape index (κ3) is 2.74. The van der Waals surface area contributed by atoms with E-state index in [4.69, 9.17) is 21.5 Å². The molecule has 6 nitrogen and oxygen atoms in total. The van der Waals surface area contributed by atoms with Gasteiger partial charge < -0.3 is 4.74 Å². The second-order valence-corrected chi connectivity index (χ2v) is 4.41. The van der Waals surface area contributed by atoms with Crippen LogP contribution in [0.4, 0.5) is 0 Å². The zero-order valence-electron chi connectivity index (χ0n) is 9.71. The van der Waals surface area contributed by atoms with Crippen LogP contribution >= 0.6 is 11.6 Å². The summed E-state index contributed by atoms with van der Waals surface area (Å²) in [6, 6.07) is 6.78. The van der Waals surface area contributed by atoms with Gasteiger partial charge in [0, 0.05) is 10.6 Å². The maximum Gasteiger partial charge on any atom is 0.319 e. The molecule has 1 fully saturated rings. The number of hydrogen-bond donors (Lipinski definition) is 1. The molecule has 1 aliphatic heterocycles. The van der Waals surface area contributed by atoms with Crippen LogP contribution in [0.25, 0.3) is 0 Å². The normalized spacial score (nSPS) is 18.8. The van der Waals surface area contributed by atoms with Crippen molar-refractivity contribution in [2.24, 2.45) is 5.92 Å². The number of hydroxylamine groups is 2. The second-order valence-electron chi connectivity index (χ2n) is 4.00. The monoisotopic (exact) mass is 283 g/mol. The number of hydrogen-bond acceptors (Lipinski definition) is 5. The van der Waals surface area contributed by atoms with Crippen LogP contribution in [0.3, 0.4) is 0 Å². The minimum Gasteiger partial charge on any atom is -0.460 e. The summed E-state index contributed by atoms with van der Waals surface area (Å²) in [5.74, 6) is -3.91. The average Bonchev–Trinajstić information content (AvgIpc) is 2.65. The molecule has 0 aromatic heterocycles. The minimum atomic E-state index is -1.28. The molecule has 0 bridgehead atoms. The van der Waals surface area contributed by atoms with E-state index in [2.05, 4.69) is 0 Å². The number of esters is 1. The maximum atomic E-state index is 11.7. The van der Waals surface area contributed by atoms with Gasteiger partial charge in [0.05, 0.1) is 6.42 Å². The third-order valence-corrected chi connectivity index (χ3v) is 3.10. The first kappa shape index (κ1) is 13.5. The summed E-state index contributed by atoms with van der Waals surface area (Å²) < 4.78 is 4.93. The van der Waals surface area contributed by atoms with E-state index in [1.807, 2.05) is 0 Å². The first-order valence-electron chi connectivity index (χ1n) is 5.46. The van der Waals surface area contributed by atoms with Gasteiger partial charge in [0.2, 0.25) is 0 Å². The van der Waals surface area contributed by atoms with Crippen LogP contribution in [0.15, 0.2) is 24.3 Å². The SMILES string of the molecule is O=C(OCc1ccccc1Cl)C1CC(=O)N(O)C1=O. The van der Waals surface area contributed by atoms with E-state index >= 15 is 0 Å². The van der Waals surface area contributed by atoms with Crippen LogP contribution in [-0.2, 0) is 25.7 Å². The fourth-order valence-electron chi connectivity index (χ4n) is 1.67. The zero-order chi connectivity index (χ0) is 14.0. The number of halogens is 1. The number of imide groups is 1. The van der Waals surface area contributed by atoms with Crippen LogP contribution in [0.2, 0.25) is 5.02 Å². The van der Waals surface area contributed by atoms with Crippen LogP contribution in [0, 0.1) is 5.92 Å². The highest BCUT2D eigenvalue weighted by atomic mass is 35.5. The van der Waals surface area contributed by atoms with Crippen molar-refractivity contribution in [1.29, 1.82) is 0 Å². The molecule has 0 aliphatic carbocycles. The molecule has 0 radical (unpaired) electrons. The Morgan fingerprint density at radius 3 is 2.68 bits per heavy atom. The van der Waals surface area contributed by atoms with Crippen LogP contribution in [-0.4, -0.2) is 28.1 Å². The van der Waals surface area contributed by atoms with E-state index in [-0.39, 0.29) is 18.1 Å². The molecule has 2 amide bonds. The maximum absolute atomic E-state index is 11.7. The summed E-state index contributed by atoms with van der Waals surface area (Å²) >= 11 is 5.88. The lowest BCUT2D eigenvalue weighted by Gasteiger charge is -2.09. The summed E-state index contributed by atoms with van der Waals surface area (Å²) in [4.78, 5) is 34.1. The highest BCUT2D eigenvalue weighted by Crippen LogP contribution is 2.21. The number of amides is 2. The largest absolute Gasteiger partial charge is 0.460 e. The summed E-state index contributed by atoms with van der Waals surface area (Å²) in [5.41, 5.74) is 0.593. The second kappa shape index (κ2) is 5.38. The zero-order valence-corrected chi connectivity index (χ0v) is 10.5. The Labute approximate surface area is 113 Å². The molecule has 1 heterocycles. The molecule has 1 aliphatic rings. The summed E-state index contributed by atoms with van der Waals surface area (Å²) in [6.07, 6.45) is -0.378. The van der Waals surface area contributed by atoms with Gasteiger partial charge in [0.1, 0.15) is 12.5 Å². The Hall–Kier alpha value is -1.92. The van der Waals surface area contributed by atoms with Gasteiger partial charge in [-0.15, -0.1) is 0 Å². The molecule has 1 saturated heterocycles. The molecule has 19 heavy (non-hydrogen) atoms. The lowest BCUT2D eigenvalue weighted by atomic mass is 10.1. The molecule has 1 aromatic rings. The van der Waals surface area contributed by atoms with Crippen molar-refractivity contribution in [3.05, 3.63) is 34.9 Å². The van der Waals surface area contributed by atoms with E-state index in [1.165, 1.54) is 0 Å². The first-order valence-corrected chi connectivity index (χ1v) is 5.84. The van der Waals surface area contributed by atoms with E-state index < -0.39 is 23.7 Å². The van der Waals surface area contributed by atoms with Crippen molar-refractivity contribution < 1.29 is 24.3 Å². The lowest BCUT2D eigenvalue weighted by molar-refractivity contribution is -0.173. The van der Waals surface area contributed by atoms with Crippen molar-refractivity contribution >= 4 is 29.4 Å². The topological polar surface area (TPSA) is 83.9 Å². The highest BCUT2D eigenvalue weighted by molar-refractivity contribution is 6.31. The standard InChI is InChI=1S/C12H10ClNO5/c13-9-4-2-1-3-7(9)6-19-12(17)8-5-10(15)14(18)11(8)16/h1-4,8,18H,5-6H2. The molecule has 0 spiro atoms. The molecule has 1 unspecified atom stereocenters. The van der Waals surface area contributed by atoms with Gasteiger partial charge in [-0.3, -0.25) is 19.6 Å². The predicted octanol–water partition coefficient (Wildman–Crippen LogP) is 1.15. The third-order valence-electron chi connectivity index (χ3n) is 2.73. The number of rotatable bonds is 3. The Balaban J connectivity index is 1.98. The van der Waals surface area contributed by atoms with Gasteiger partial charge in [-0.25, -0.2) is 0 Å². The van der Waals surface area contributed by atoms with E-state index in [0.29, 0.717) is 10.6 Å². The number of benzene rings is 1. The van der Waals surface area contributed by atoms with Gasteiger partial charge in [-0.1, -0.05) is 29.8 Å². The first-order chi connectivity index (χ1) is 9.00. The smallest absolute Gasteiger partial charge is 0.319 e. The summed E-state index contributed by atoms with van der Waals surface area (Å²) in [7, 11) is 0. The average molecular weight is 284 g/mol. The molecule has 2 rings (SSSR count). The van der Waals surface area contributed by atoms with Crippen LogP contribution in [0.5, 0.6) is 0 Å². The minimum absolute atomic E-state index is 0.0541. The molecule has 1 N–H and O–H groups in total. The van der Waals surface area contributed by atoms with Crippen molar-refractivity contribution in [1.82, 2.24) is 5.06 Å². The molecule has 0 saturated carbocycles. The Morgan fingerprint density at radius 1 is 1.42 bits per heavy atom. The quantitative estimate of drug-likeness (QED) is 0.389. The van der Waals surface area contributed by atoms with E-state index in [9.17, 15) is 14.4 Å². The fourth-order valence-corrected chi connectivity index (χ4v) is 1.86. The Bertz CT molecular complexity index is 545. The van der Waals surface area contributed by atoms with E-state index in [0.717, 1.165) is 0 Å². The number of carbonyl (C=O) groups is 3. The lowest BCUT2D eigenvalue weighted by Crippen LogP contribution is -2.30.